The summed E-state index contributed by atoms with van der Waals surface area (Å²) in [4.78, 5) is 3.30. The summed E-state index contributed by atoms with van der Waals surface area (Å²) in [6.45, 7) is 4.76. The summed E-state index contributed by atoms with van der Waals surface area (Å²) in [5.41, 5.74) is 4.84. The van der Waals surface area contributed by atoms with Crippen LogP contribution in [0.2, 0.25) is 0 Å². The topological polar surface area (TPSA) is 25.0 Å². The molecule has 1 aromatic heterocycles. The lowest BCUT2D eigenvalue weighted by Gasteiger charge is -2.06. The van der Waals surface area contributed by atoms with Gasteiger partial charge in [0, 0.05) is 22.7 Å². The van der Waals surface area contributed by atoms with E-state index in [1.54, 1.807) is 0 Å². The van der Waals surface area contributed by atoms with Crippen molar-refractivity contribution < 1.29 is 4.74 Å². The van der Waals surface area contributed by atoms with Crippen molar-refractivity contribution in [3.63, 3.8) is 0 Å². The highest BCUT2D eigenvalue weighted by molar-refractivity contribution is 5.83. The highest BCUT2D eigenvalue weighted by Gasteiger charge is 2.04. The van der Waals surface area contributed by atoms with E-state index in [9.17, 15) is 0 Å². The lowest BCUT2D eigenvalue weighted by molar-refractivity contribution is 0.307. The summed E-state index contributed by atoms with van der Waals surface area (Å²) in [6, 6.07) is 14.6. The second-order valence-corrected chi connectivity index (χ2v) is 4.97. The van der Waals surface area contributed by atoms with Crippen LogP contribution in [-0.4, -0.2) is 4.98 Å². The van der Waals surface area contributed by atoms with Gasteiger partial charge in [0.15, 0.2) is 0 Å². The van der Waals surface area contributed by atoms with E-state index in [2.05, 4.69) is 49.2 Å². The monoisotopic (exact) mass is 251 g/mol. The highest BCUT2D eigenvalue weighted by Crippen LogP contribution is 2.21. The first kappa shape index (κ1) is 11.8. The van der Waals surface area contributed by atoms with Crippen molar-refractivity contribution in [1.29, 1.82) is 0 Å². The molecule has 0 fully saturated rings. The fourth-order valence-corrected chi connectivity index (χ4v) is 2.29. The minimum atomic E-state index is 0.590. The van der Waals surface area contributed by atoms with Gasteiger partial charge in [0.1, 0.15) is 12.4 Å². The first-order valence-electron chi connectivity index (χ1n) is 6.48. The van der Waals surface area contributed by atoms with E-state index in [0.717, 1.165) is 5.75 Å². The first-order chi connectivity index (χ1) is 9.22. The Bertz CT molecular complexity index is 712. The molecule has 0 aliphatic heterocycles. The Hall–Kier alpha value is -2.22. The molecule has 0 saturated heterocycles. The third kappa shape index (κ3) is 2.48. The van der Waals surface area contributed by atoms with Gasteiger partial charge in [-0.15, -0.1) is 0 Å². The molecule has 0 amide bonds. The minimum Gasteiger partial charge on any atom is -0.489 e. The van der Waals surface area contributed by atoms with Crippen LogP contribution < -0.4 is 4.74 Å². The van der Waals surface area contributed by atoms with Gasteiger partial charge in [-0.25, -0.2) is 0 Å². The Morgan fingerprint density at radius 2 is 1.84 bits per heavy atom. The van der Waals surface area contributed by atoms with Crippen LogP contribution >= 0.6 is 0 Å². The van der Waals surface area contributed by atoms with E-state index in [1.807, 2.05) is 18.3 Å². The molecule has 1 heterocycles. The molecule has 0 spiro atoms. The maximum absolute atomic E-state index is 5.85. The van der Waals surface area contributed by atoms with Crippen LogP contribution in [0, 0.1) is 13.8 Å². The van der Waals surface area contributed by atoms with E-state index in [1.165, 1.54) is 27.6 Å². The van der Waals surface area contributed by atoms with Crippen molar-refractivity contribution >= 4 is 10.9 Å². The van der Waals surface area contributed by atoms with Crippen LogP contribution in [0.1, 0.15) is 16.7 Å². The summed E-state index contributed by atoms with van der Waals surface area (Å²) in [7, 11) is 0. The smallest absolute Gasteiger partial charge is 0.120 e. The fourth-order valence-electron chi connectivity index (χ4n) is 2.29. The number of rotatable bonds is 3. The van der Waals surface area contributed by atoms with Gasteiger partial charge < -0.3 is 9.72 Å². The molecule has 2 nitrogen and oxygen atoms in total. The molecule has 0 atom stereocenters. The number of nitrogens with one attached hydrogen (secondary N) is 1. The minimum absolute atomic E-state index is 0.590. The molecule has 3 aromatic rings. The number of ether oxygens (including phenoxy) is 1. The SMILES string of the molecule is Cc1cccc(OCc2c[nH]c3cc(C)ccc23)c1. The molecule has 2 heteroatoms. The Labute approximate surface area is 113 Å². The quantitative estimate of drug-likeness (QED) is 0.735. The fraction of sp³-hybridized carbons (Fsp3) is 0.176. The average molecular weight is 251 g/mol. The summed E-state index contributed by atoms with van der Waals surface area (Å²) in [6.07, 6.45) is 2.03. The van der Waals surface area contributed by atoms with E-state index in [0.29, 0.717) is 6.61 Å². The number of benzene rings is 2. The molecule has 96 valence electrons. The molecule has 3 rings (SSSR count). The van der Waals surface area contributed by atoms with Gasteiger partial charge >= 0.3 is 0 Å². The van der Waals surface area contributed by atoms with Crippen molar-refractivity contribution in [3.05, 3.63) is 65.4 Å². The van der Waals surface area contributed by atoms with Gasteiger partial charge in [0.25, 0.3) is 0 Å². The molecule has 19 heavy (non-hydrogen) atoms. The molecule has 0 saturated carbocycles. The number of aromatic nitrogens is 1. The van der Waals surface area contributed by atoms with Gasteiger partial charge in [0.2, 0.25) is 0 Å². The zero-order chi connectivity index (χ0) is 13.2. The van der Waals surface area contributed by atoms with Crippen molar-refractivity contribution in [2.24, 2.45) is 0 Å². The standard InChI is InChI=1S/C17H17NO/c1-12-4-3-5-15(8-12)19-11-14-10-18-17-9-13(2)6-7-16(14)17/h3-10,18H,11H2,1-2H3. The Kier molecular flexibility index (Phi) is 3.00. The number of aromatic amines is 1. The van der Waals surface area contributed by atoms with Crippen molar-refractivity contribution in [2.45, 2.75) is 20.5 Å². The molecular formula is C17H17NO. The zero-order valence-corrected chi connectivity index (χ0v) is 11.2. The number of H-pyrrole nitrogens is 1. The maximum atomic E-state index is 5.85. The molecule has 0 aliphatic carbocycles. The number of hydrogen-bond donors (Lipinski definition) is 1. The van der Waals surface area contributed by atoms with E-state index in [-0.39, 0.29) is 0 Å². The predicted molar refractivity (Wildman–Crippen MR) is 78.5 cm³/mol. The van der Waals surface area contributed by atoms with Gasteiger partial charge in [0.05, 0.1) is 0 Å². The third-order valence-corrected chi connectivity index (χ3v) is 3.31. The Balaban J connectivity index is 1.82. The first-order valence-corrected chi connectivity index (χ1v) is 6.48. The molecule has 0 bridgehead atoms. The molecule has 2 aromatic carbocycles. The summed E-state index contributed by atoms with van der Waals surface area (Å²) >= 11 is 0. The summed E-state index contributed by atoms with van der Waals surface area (Å²) in [5.74, 6) is 0.918. The third-order valence-electron chi connectivity index (χ3n) is 3.31. The lowest BCUT2D eigenvalue weighted by atomic mass is 10.1. The molecule has 0 radical (unpaired) electrons. The van der Waals surface area contributed by atoms with Crippen LogP contribution in [0.15, 0.2) is 48.7 Å². The molecule has 0 unspecified atom stereocenters. The van der Waals surface area contributed by atoms with Crippen LogP contribution in [0.5, 0.6) is 5.75 Å². The Morgan fingerprint density at radius 1 is 1.00 bits per heavy atom. The second-order valence-electron chi connectivity index (χ2n) is 4.97. The molecule has 0 aliphatic rings. The van der Waals surface area contributed by atoms with E-state index < -0.39 is 0 Å². The normalized spacial score (nSPS) is 10.8. The van der Waals surface area contributed by atoms with Crippen LogP contribution in [0.25, 0.3) is 10.9 Å². The summed E-state index contributed by atoms with van der Waals surface area (Å²) in [5, 5.41) is 1.23. The second kappa shape index (κ2) is 4.81. The van der Waals surface area contributed by atoms with Crippen LogP contribution in [-0.2, 0) is 6.61 Å². The maximum Gasteiger partial charge on any atom is 0.120 e. The zero-order valence-electron chi connectivity index (χ0n) is 11.2. The van der Waals surface area contributed by atoms with Gasteiger partial charge in [-0.3, -0.25) is 0 Å². The van der Waals surface area contributed by atoms with Crippen LogP contribution in [0.3, 0.4) is 0 Å². The van der Waals surface area contributed by atoms with E-state index in [4.69, 9.17) is 4.74 Å². The van der Waals surface area contributed by atoms with Crippen molar-refractivity contribution in [1.82, 2.24) is 4.98 Å². The molecular weight excluding hydrogens is 234 g/mol. The van der Waals surface area contributed by atoms with Crippen molar-refractivity contribution in [3.8, 4) is 5.75 Å². The number of hydrogen-bond acceptors (Lipinski definition) is 1. The van der Waals surface area contributed by atoms with Crippen molar-refractivity contribution in [2.75, 3.05) is 0 Å². The number of fused-ring (bicyclic) bond motifs is 1. The largest absolute Gasteiger partial charge is 0.489 e. The molecule has 1 N–H and O–H groups in total. The Morgan fingerprint density at radius 3 is 2.68 bits per heavy atom. The van der Waals surface area contributed by atoms with Gasteiger partial charge in [-0.05, 0) is 43.2 Å². The van der Waals surface area contributed by atoms with Crippen LogP contribution in [0.4, 0.5) is 0 Å². The lowest BCUT2D eigenvalue weighted by Crippen LogP contribution is -1.94. The van der Waals surface area contributed by atoms with Gasteiger partial charge in [-0.1, -0.05) is 24.3 Å². The number of aryl methyl sites for hydroxylation is 2. The summed E-state index contributed by atoms with van der Waals surface area (Å²) < 4.78 is 5.85. The average Bonchev–Trinajstić information content (AvgIpc) is 2.78. The van der Waals surface area contributed by atoms with E-state index >= 15 is 0 Å². The highest BCUT2D eigenvalue weighted by atomic mass is 16.5. The van der Waals surface area contributed by atoms with Gasteiger partial charge in [-0.2, -0.15) is 0 Å². The predicted octanol–water partition coefficient (Wildman–Crippen LogP) is 4.36.